The summed E-state index contributed by atoms with van der Waals surface area (Å²) in [5.74, 6) is -3.35. The van der Waals surface area contributed by atoms with Crippen molar-refractivity contribution >= 4 is 39.9 Å². The molecule has 1 aromatic rings. The van der Waals surface area contributed by atoms with Crippen molar-refractivity contribution in [2.75, 3.05) is 6.54 Å². The van der Waals surface area contributed by atoms with Crippen LogP contribution in [0.5, 0.6) is 0 Å². The molecule has 3 N–H and O–H groups in total. The number of cyclic esters (lactones) is 1. The zero-order chi connectivity index (χ0) is 32.5. The highest BCUT2D eigenvalue weighted by Gasteiger charge is 2.62. The van der Waals surface area contributed by atoms with Crippen LogP contribution in [0, 0.1) is 11.7 Å². The van der Waals surface area contributed by atoms with Crippen LogP contribution in [0.2, 0.25) is 0 Å². The van der Waals surface area contributed by atoms with E-state index in [4.69, 9.17) is 9.47 Å². The predicted octanol–water partition coefficient (Wildman–Crippen LogP) is 0.804. The first-order chi connectivity index (χ1) is 21.1. The van der Waals surface area contributed by atoms with E-state index in [2.05, 4.69) is 21.9 Å². The first kappa shape index (κ1) is 30.8. The molecule has 14 nitrogen and oxygen atoms in total. The number of amides is 5. The predicted molar refractivity (Wildman–Crippen MR) is 153 cm³/mol. The molecule has 0 aromatic heterocycles. The normalized spacial score (nSPS) is 29.7. The molecule has 0 spiro atoms. The van der Waals surface area contributed by atoms with E-state index in [-0.39, 0.29) is 32.5 Å². The Morgan fingerprint density at radius 1 is 1.20 bits per heavy atom. The zero-order valence-corrected chi connectivity index (χ0v) is 25.5. The van der Waals surface area contributed by atoms with Crippen LogP contribution >= 0.6 is 0 Å². The second kappa shape index (κ2) is 10.7. The van der Waals surface area contributed by atoms with Crippen LogP contribution in [-0.4, -0.2) is 89.2 Å². The van der Waals surface area contributed by atoms with Crippen LogP contribution in [-0.2, 0) is 47.0 Å². The molecule has 5 aliphatic rings. The van der Waals surface area contributed by atoms with Gasteiger partial charge in [-0.2, -0.15) is 0 Å². The highest BCUT2D eigenvalue weighted by Crippen LogP contribution is 2.45. The van der Waals surface area contributed by atoms with E-state index in [1.807, 2.05) is 0 Å². The topological polar surface area (TPSA) is 181 Å². The number of nitrogens with one attached hydrogen (secondary N) is 3. The number of carbonyl (C=O) groups excluding carboxylic acids is 5. The van der Waals surface area contributed by atoms with Crippen LogP contribution in [0.15, 0.2) is 30.9 Å². The number of hydrogen-bond acceptors (Lipinski definition) is 9. The van der Waals surface area contributed by atoms with Crippen molar-refractivity contribution in [3.05, 3.63) is 47.8 Å². The van der Waals surface area contributed by atoms with E-state index >= 15 is 0 Å². The molecule has 0 radical (unpaired) electrons. The van der Waals surface area contributed by atoms with Crippen molar-refractivity contribution < 1.29 is 46.3 Å². The number of likely N-dealkylation sites (tertiary alicyclic amines) is 1. The van der Waals surface area contributed by atoms with E-state index in [0.29, 0.717) is 24.0 Å². The van der Waals surface area contributed by atoms with Gasteiger partial charge in [0.05, 0.1) is 18.3 Å². The number of rotatable bonds is 8. The van der Waals surface area contributed by atoms with Crippen LogP contribution < -0.4 is 15.4 Å². The molecule has 4 fully saturated rings. The number of halogens is 1. The minimum absolute atomic E-state index is 0.00983. The van der Waals surface area contributed by atoms with Gasteiger partial charge in [0.15, 0.2) is 6.04 Å². The Balaban J connectivity index is 1.20. The van der Waals surface area contributed by atoms with E-state index in [9.17, 15) is 36.8 Å². The lowest BCUT2D eigenvalue weighted by molar-refractivity contribution is -0.143. The highest BCUT2D eigenvalue weighted by molar-refractivity contribution is 7.91. The van der Waals surface area contributed by atoms with E-state index in [0.717, 1.165) is 4.90 Å². The van der Waals surface area contributed by atoms with E-state index in [1.165, 1.54) is 30.9 Å². The van der Waals surface area contributed by atoms with Gasteiger partial charge in [0.25, 0.3) is 5.91 Å². The fourth-order valence-electron chi connectivity index (χ4n) is 6.27. The second-order valence-electron chi connectivity index (χ2n) is 12.7. The zero-order valence-electron chi connectivity index (χ0n) is 24.7. The lowest BCUT2D eigenvalue weighted by Crippen LogP contribution is -2.59. The van der Waals surface area contributed by atoms with Gasteiger partial charge in [-0.3, -0.25) is 24.0 Å². The molecule has 0 unspecified atom stereocenters. The largest absolute Gasteiger partial charge is 0.444 e. The molecule has 2 saturated heterocycles. The van der Waals surface area contributed by atoms with Crippen molar-refractivity contribution in [2.45, 2.75) is 87.2 Å². The Kier molecular flexibility index (Phi) is 7.33. The SMILES string of the molecule is C=C[C@@H]1C[C@]1(NC(=O)[C@@H]1C[C@@H](OC(=O)N2Cc3cccc(F)c3C2)CN1C(=O)[C@H]1NC(=O)OC1(C)C)C(=O)NS(=O)(=O)C1CC1. The van der Waals surface area contributed by atoms with Crippen molar-refractivity contribution in [1.82, 2.24) is 25.2 Å². The molecule has 5 amide bonds. The Bertz CT molecular complexity index is 1610. The number of fused-ring (bicyclic) bond motifs is 1. The van der Waals surface area contributed by atoms with Crippen molar-refractivity contribution in [2.24, 2.45) is 5.92 Å². The van der Waals surface area contributed by atoms with Gasteiger partial charge in [-0.25, -0.2) is 22.4 Å². The first-order valence-corrected chi connectivity index (χ1v) is 16.2. The van der Waals surface area contributed by atoms with Crippen molar-refractivity contribution in [1.29, 1.82) is 0 Å². The van der Waals surface area contributed by atoms with Gasteiger partial charge >= 0.3 is 12.2 Å². The number of sulfonamides is 1. The molecule has 2 saturated carbocycles. The maximum Gasteiger partial charge on any atom is 0.410 e. The highest BCUT2D eigenvalue weighted by atomic mass is 32.2. The first-order valence-electron chi connectivity index (χ1n) is 14.7. The monoisotopic (exact) mass is 647 g/mol. The van der Waals surface area contributed by atoms with Gasteiger partial charge in [-0.15, -0.1) is 6.58 Å². The summed E-state index contributed by atoms with van der Waals surface area (Å²) in [5, 5.41) is 4.44. The van der Waals surface area contributed by atoms with Crippen molar-refractivity contribution in [3.63, 3.8) is 0 Å². The van der Waals surface area contributed by atoms with Crippen LogP contribution in [0.3, 0.4) is 0 Å². The summed E-state index contributed by atoms with van der Waals surface area (Å²) < 4.78 is 52.2. The molecule has 0 bridgehead atoms. The quantitative estimate of drug-likeness (QED) is 0.344. The summed E-state index contributed by atoms with van der Waals surface area (Å²) in [6.45, 7) is 6.63. The molecular weight excluding hydrogens is 613 g/mol. The summed E-state index contributed by atoms with van der Waals surface area (Å²) in [4.78, 5) is 68.4. The Morgan fingerprint density at radius 2 is 1.93 bits per heavy atom. The maximum absolute atomic E-state index is 14.3. The molecular formula is C29H34FN5O9S. The molecule has 45 heavy (non-hydrogen) atoms. The van der Waals surface area contributed by atoms with Crippen LogP contribution in [0.1, 0.15) is 50.7 Å². The fourth-order valence-corrected chi connectivity index (χ4v) is 7.63. The van der Waals surface area contributed by atoms with Crippen LogP contribution in [0.4, 0.5) is 14.0 Å². The minimum Gasteiger partial charge on any atom is -0.444 e. The van der Waals surface area contributed by atoms with Gasteiger partial charge in [0.1, 0.15) is 29.1 Å². The third-order valence-electron chi connectivity index (χ3n) is 9.11. The molecule has 1 aromatic carbocycles. The summed E-state index contributed by atoms with van der Waals surface area (Å²) in [5.41, 5.74) is -1.85. The fraction of sp³-hybridized carbons (Fsp3) is 0.552. The molecule has 6 rings (SSSR count). The van der Waals surface area contributed by atoms with Crippen LogP contribution in [0.25, 0.3) is 0 Å². The number of carbonyl (C=O) groups is 5. The van der Waals surface area contributed by atoms with Gasteiger partial charge in [0.2, 0.25) is 21.8 Å². The standard InChI is InChI=1S/C29H34FN5O9S/c1-4-16-11-29(16,25(38)33-45(41,42)18-8-9-18)32-23(36)21-10-17(13-35(21)24(37)22-28(2,3)44-26(39)31-22)43-27(40)34-12-15-6-5-7-20(30)19(15)14-34/h4-7,16-18,21-22H,1,8-14H2,2-3H3,(H,31,39)(H,32,36)(H,33,38)/t16-,17-,21+,22-,29-/m1/s1. The average molecular weight is 648 g/mol. The van der Waals surface area contributed by atoms with E-state index < -0.39 is 86.2 Å². The molecule has 16 heteroatoms. The Hall–Kier alpha value is -4.21. The lowest BCUT2D eigenvalue weighted by atomic mass is 9.98. The summed E-state index contributed by atoms with van der Waals surface area (Å²) in [7, 11) is -3.91. The number of nitrogens with zero attached hydrogens (tertiary/aromatic N) is 2. The van der Waals surface area contributed by atoms with Gasteiger partial charge in [-0.05, 0) is 44.7 Å². The third kappa shape index (κ3) is 5.59. The smallest absolute Gasteiger partial charge is 0.410 e. The van der Waals surface area contributed by atoms with Gasteiger partial charge < -0.3 is 25.0 Å². The number of benzene rings is 1. The maximum atomic E-state index is 14.3. The molecule has 5 atom stereocenters. The molecule has 3 aliphatic heterocycles. The number of ether oxygens (including phenoxy) is 2. The molecule has 3 heterocycles. The molecule has 242 valence electrons. The number of hydrogen-bond donors (Lipinski definition) is 3. The van der Waals surface area contributed by atoms with Gasteiger partial charge in [-0.1, -0.05) is 18.2 Å². The lowest BCUT2D eigenvalue weighted by Gasteiger charge is -2.31. The average Bonchev–Trinajstić information content (AvgIpc) is 3.82. The second-order valence-corrected chi connectivity index (χ2v) is 14.7. The Labute approximate surface area is 258 Å². The van der Waals surface area contributed by atoms with E-state index in [1.54, 1.807) is 12.1 Å². The third-order valence-corrected chi connectivity index (χ3v) is 10.9. The number of alkyl carbamates (subject to hydrolysis) is 1. The Morgan fingerprint density at radius 3 is 2.53 bits per heavy atom. The van der Waals surface area contributed by atoms with Gasteiger partial charge in [0, 0.05) is 24.4 Å². The summed E-state index contributed by atoms with van der Waals surface area (Å²) in [6, 6.07) is 2.12. The summed E-state index contributed by atoms with van der Waals surface area (Å²) in [6.07, 6.45) is -0.308. The summed E-state index contributed by atoms with van der Waals surface area (Å²) >= 11 is 0. The van der Waals surface area contributed by atoms with Crippen molar-refractivity contribution in [3.8, 4) is 0 Å². The molecule has 2 aliphatic carbocycles. The minimum atomic E-state index is -3.91.